The topological polar surface area (TPSA) is 422 Å². The van der Waals surface area contributed by atoms with Gasteiger partial charge >= 0.3 is 5.97 Å². The average molecular weight is 1080 g/mol. The number of imidazole rings is 1. The molecule has 2 heterocycles. The molecule has 0 bridgehead atoms. The van der Waals surface area contributed by atoms with Crippen LogP contribution < -0.4 is 54.4 Å². The van der Waals surface area contributed by atoms with Crippen molar-refractivity contribution in [2.75, 3.05) is 25.2 Å². The van der Waals surface area contributed by atoms with Gasteiger partial charge in [-0.1, -0.05) is 60.7 Å². The van der Waals surface area contributed by atoms with Gasteiger partial charge in [-0.2, -0.15) is 11.8 Å². The van der Waals surface area contributed by atoms with Crippen LogP contribution >= 0.6 is 11.8 Å². The lowest BCUT2D eigenvalue weighted by molar-refractivity contribution is -0.142. The molecule has 10 amide bonds. The average Bonchev–Trinajstić information content (AvgIpc) is 4.11. The third-order valence-corrected chi connectivity index (χ3v) is 12.8. The zero-order chi connectivity index (χ0) is 55.9. The number of likely N-dealkylation sites (tertiary alicyclic amines) is 1. The Morgan fingerprint density at radius 3 is 1.74 bits per heavy atom. The maximum atomic E-state index is 14.4. The fourth-order valence-corrected chi connectivity index (χ4v) is 8.52. The monoisotopic (exact) mass is 1080 g/mol. The van der Waals surface area contributed by atoms with Crippen LogP contribution in [0.3, 0.4) is 0 Å². The minimum absolute atomic E-state index is 0.0128. The standard InChI is InChI=1S/C49H67N13O13S/c1-27(55-42(68)31(50)25-63)49(75)62-18-9-14-38(62)48(74)57-32(15-16-39(51)64)43(69)61-37(23-40(65)66)47(73)59-35(21-29-12-7-4-8-13-29)45(71)56-33(17-19-76-2)44(70)60-36(22-30-24-53-26-54-30)46(72)58-34(41(52)67)20-28-10-5-3-6-11-28/h3-8,10-13,24,26-27,31-38,63H,9,14-23,25,50H2,1-2H3,(H2,51,64)(H2,52,67)(H,53,54)(H,55,68)(H,56,71)(H,57,74)(H,58,72)(H,59,73)(H,60,70)(H,61,69)(H,65,66)/t27-,31-,32-,33-,34-,35-,36-,37-,38-/m0/s1. The van der Waals surface area contributed by atoms with Crippen molar-refractivity contribution in [1.82, 2.24) is 52.1 Å². The summed E-state index contributed by atoms with van der Waals surface area (Å²) >= 11 is 1.34. The molecule has 412 valence electrons. The molecule has 3 aromatic rings. The van der Waals surface area contributed by atoms with Crippen LogP contribution in [-0.2, 0) is 72.0 Å². The summed E-state index contributed by atoms with van der Waals surface area (Å²) in [5.74, 6) is -10.1. The molecule has 1 aliphatic heterocycles. The maximum Gasteiger partial charge on any atom is 0.305 e. The Morgan fingerprint density at radius 1 is 0.697 bits per heavy atom. The summed E-state index contributed by atoms with van der Waals surface area (Å²) in [6.45, 7) is 0.748. The molecular formula is C49H67N13O13S. The van der Waals surface area contributed by atoms with Crippen molar-refractivity contribution in [2.45, 2.75) is 119 Å². The van der Waals surface area contributed by atoms with E-state index in [1.54, 1.807) is 66.9 Å². The van der Waals surface area contributed by atoms with Crippen molar-refractivity contribution >= 4 is 76.8 Å². The second-order valence-electron chi connectivity index (χ2n) is 18.0. The van der Waals surface area contributed by atoms with E-state index in [0.29, 0.717) is 29.0 Å². The van der Waals surface area contributed by atoms with Crippen molar-refractivity contribution in [3.05, 3.63) is 90.0 Å². The molecule has 76 heavy (non-hydrogen) atoms. The van der Waals surface area contributed by atoms with Crippen molar-refractivity contribution in [2.24, 2.45) is 17.2 Å². The predicted octanol–water partition coefficient (Wildman–Crippen LogP) is -3.86. The van der Waals surface area contributed by atoms with Crippen LogP contribution in [-0.4, -0.2) is 170 Å². The number of carbonyl (C=O) groups is 11. The van der Waals surface area contributed by atoms with E-state index < -0.39 is 145 Å². The van der Waals surface area contributed by atoms with E-state index in [9.17, 15) is 63.0 Å². The minimum atomic E-state index is -1.91. The molecular weight excluding hydrogens is 1010 g/mol. The van der Waals surface area contributed by atoms with Gasteiger partial charge in [0.25, 0.3) is 0 Å². The summed E-state index contributed by atoms with van der Waals surface area (Å²) in [7, 11) is 0. The Balaban J connectivity index is 1.56. The number of aromatic amines is 1. The number of carboxylic acids is 1. The third kappa shape index (κ3) is 19.4. The highest BCUT2D eigenvalue weighted by Gasteiger charge is 2.39. The molecule has 27 heteroatoms. The highest BCUT2D eigenvalue weighted by atomic mass is 32.2. The van der Waals surface area contributed by atoms with Gasteiger partial charge in [0, 0.05) is 44.1 Å². The number of nitrogens with two attached hydrogens (primary N) is 3. The Labute approximate surface area is 441 Å². The number of aliphatic hydroxyl groups excluding tert-OH is 1. The summed E-state index contributed by atoms with van der Waals surface area (Å²) in [4.78, 5) is 155. The summed E-state index contributed by atoms with van der Waals surface area (Å²) in [5.41, 5.74) is 18.3. The van der Waals surface area contributed by atoms with Crippen LogP contribution in [0.1, 0.15) is 62.3 Å². The van der Waals surface area contributed by atoms with E-state index in [-0.39, 0.29) is 38.6 Å². The number of aliphatic hydroxyl groups is 1. The number of carboxylic acid groups (broad SMARTS) is 1. The number of thioether (sulfide) groups is 1. The molecule has 9 atom stereocenters. The molecule has 2 aromatic carbocycles. The predicted molar refractivity (Wildman–Crippen MR) is 274 cm³/mol. The third-order valence-electron chi connectivity index (χ3n) is 12.1. The normalized spacial score (nSPS) is 16.2. The number of hydrogen-bond acceptors (Lipinski definition) is 15. The van der Waals surface area contributed by atoms with Crippen LogP contribution in [0.5, 0.6) is 0 Å². The number of hydrogen-bond donors (Lipinski definition) is 13. The second kappa shape index (κ2) is 30.5. The van der Waals surface area contributed by atoms with Crippen LogP contribution in [0, 0.1) is 0 Å². The number of rotatable bonds is 31. The molecule has 16 N–H and O–H groups in total. The summed E-state index contributed by atoms with van der Waals surface area (Å²) in [6, 6.07) is 4.54. The molecule has 0 radical (unpaired) electrons. The first-order chi connectivity index (χ1) is 36.2. The summed E-state index contributed by atoms with van der Waals surface area (Å²) < 4.78 is 0. The number of nitrogens with zero attached hydrogens (tertiary/aromatic N) is 2. The molecule has 0 unspecified atom stereocenters. The maximum absolute atomic E-state index is 14.4. The Bertz CT molecular complexity index is 2490. The number of nitrogens with one attached hydrogen (secondary N) is 8. The van der Waals surface area contributed by atoms with Gasteiger partial charge in [0.2, 0.25) is 59.1 Å². The molecule has 0 aliphatic carbocycles. The van der Waals surface area contributed by atoms with Crippen molar-refractivity contribution in [3.8, 4) is 0 Å². The first kappa shape index (κ1) is 60.6. The first-order valence-corrected chi connectivity index (χ1v) is 25.7. The summed E-state index contributed by atoms with van der Waals surface area (Å²) in [5, 5.41) is 36.7. The van der Waals surface area contributed by atoms with E-state index in [1.165, 1.54) is 36.1 Å². The zero-order valence-corrected chi connectivity index (χ0v) is 42.8. The quantitative estimate of drug-likeness (QED) is 0.0293. The van der Waals surface area contributed by atoms with Gasteiger partial charge in [0.1, 0.15) is 54.4 Å². The van der Waals surface area contributed by atoms with Gasteiger partial charge in [-0.3, -0.25) is 52.7 Å². The van der Waals surface area contributed by atoms with Gasteiger partial charge in [0.05, 0.1) is 19.4 Å². The SMILES string of the molecule is CSCC[C@H](NC(=O)[C@H](Cc1ccccc1)NC(=O)[C@H](CC(=O)O)NC(=O)[C@H](CCC(N)=O)NC(=O)[C@@H]1CCCN1C(=O)[C@H](C)NC(=O)[C@@H](N)CO)C(=O)N[C@@H](Cc1cnc[nH]1)C(=O)N[C@@H](Cc1ccccc1)C(N)=O. The fourth-order valence-electron chi connectivity index (χ4n) is 8.05. The summed E-state index contributed by atoms with van der Waals surface area (Å²) in [6.07, 6.45) is 2.82. The number of carbonyl (C=O) groups excluding carboxylic acids is 10. The van der Waals surface area contributed by atoms with E-state index in [1.807, 2.05) is 0 Å². The van der Waals surface area contributed by atoms with Gasteiger partial charge < -0.3 is 74.5 Å². The zero-order valence-electron chi connectivity index (χ0n) is 42.0. The number of primary amides is 2. The molecule has 1 fully saturated rings. The largest absolute Gasteiger partial charge is 0.481 e. The molecule has 0 saturated carbocycles. The van der Waals surface area contributed by atoms with E-state index in [2.05, 4.69) is 47.2 Å². The van der Waals surface area contributed by atoms with Crippen LogP contribution in [0.15, 0.2) is 73.2 Å². The van der Waals surface area contributed by atoms with Crippen LogP contribution in [0.2, 0.25) is 0 Å². The van der Waals surface area contributed by atoms with Crippen molar-refractivity contribution in [1.29, 1.82) is 0 Å². The molecule has 1 aliphatic rings. The minimum Gasteiger partial charge on any atom is -0.481 e. The van der Waals surface area contributed by atoms with E-state index in [4.69, 9.17) is 17.2 Å². The lowest BCUT2D eigenvalue weighted by Gasteiger charge is -2.29. The number of H-pyrrole nitrogens is 1. The second-order valence-corrected chi connectivity index (χ2v) is 19.0. The van der Waals surface area contributed by atoms with E-state index >= 15 is 0 Å². The van der Waals surface area contributed by atoms with Crippen LogP contribution in [0.4, 0.5) is 0 Å². The molecule has 26 nitrogen and oxygen atoms in total. The highest BCUT2D eigenvalue weighted by Crippen LogP contribution is 2.20. The molecule has 4 rings (SSSR count). The van der Waals surface area contributed by atoms with Gasteiger partial charge in [-0.15, -0.1) is 0 Å². The van der Waals surface area contributed by atoms with E-state index in [0.717, 1.165) is 0 Å². The highest BCUT2D eigenvalue weighted by molar-refractivity contribution is 7.98. The molecule has 1 aromatic heterocycles. The Hall–Kier alpha value is -7.91. The fraction of sp³-hybridized carbons (Fsp3) is 0.469. The number of aromatic nitrogens is 2. The van der Waals surface area contributed by atoms with Gasteiger partial charge in [-0.05, 0) is 55.7 Å². The number of aliphatic carboxylic acids is 1. The molecule has 0 spiro atoms. The number of benzene rings is 2. The lowest BCUT2D eigenvalue weighted by Crippen LogP contribution is -2.61. The number of amides is 10. The Morgan fingerprint density at radius 2 is 1.21 bits per heavy atom. The van der Waals surface area contributed by atoms with Crippen molar-refractivity contribution < 1.29 is 63.0 Å². The van der Waals surface area contributed by atoms with Gasteiger partial charge in [0.15, 0.2) is 0 Å². The van der Waals surface area contributed by atoms with Crippen LogP contribution in [0.25, 0.3) is 0 Å². The van der Waals surface area contributed by atoms with Crippen molar-refractivity contribution in [3.63, 3.8) is 0 Å². The van der Waals surface area contributed by atoms with Gasteiger partial charge in [-0.25, -0.2) is 4.98 Å². The Kier molecular flexibility index (Phi) is 24.3. The first-order valence-electron chi connectivity index (χ1n) is 24.3. The smallest absolute Gasteiger partial charge is 0.305 e. The lowest BCUT2D eigenvalue weighted by atomic mass is 10.0. The molecule has 1 saturated heterocycles.